The third-order valence-corrected chi connectivity index (χ3v) is 7.21. The van der Waals surface area contributed by atoms with Gasteiger partial charge in [-0.3, -0.25) is 4.79 Å². The van der Waals surface area contributed by atoms with Gasteiger partial charge in [-0.05, 0) is 47.1 Å². The van der Waals surface area contributed by atoms with E-state index in [-0.39, 0.29) is 28.8 Å². The van der Waals surface area contributed by atoms with Crippen LogP contribution in [0.5, 0.6) is 0 Å². The quantitative estimate of drug-likeness (QED) is 0.726. The van der Waals surface area contributed by atoms with Crippen molar-refractivity contribution in [2.75, 3.05) is 11.1 Å². The molecule has 7 nitrogen and oxygen atoms in total. The van der Waals surface area contributed by atoms with Gasteiger partial charge in [0.2, 0.25) is 5.91 Å². The number of nitrogens with one attached hydrogen (secondary N) is 1. The number of nitrogens with two attached hydrogens (primary N) is 1. The normalized spacial score (nSPS) is 17.2. The van der Waals surface area contributed by atoms with Gasteiger partial charge < -0.3 is 15.2 Å². The first-order valence-corrected chi connectivity index (χ1v) is 11.1. The maximum absolute atomic E-state index is 12.6. The lowest BCUT2D eigenvalue weighted by Gasteiger charge is -2.38. The summed E-state index contributed by atoms with van der Waals surface area (Å²) in [5.74, 6) is 0.0827. The lowest BCUT2D eigenvalue weighted by atomic mass is 9.81. The number of anilines is 1. The van der Waals surface area contributed by atoms with Gasteiger partial charge in [-0.25, -0.2) is 0 Å². The van der Waals surface area contributed by atoms with Gasteiger partial charge in [0.1, 0.15) is 22.9 Å². The number of hydrogen-bond acceptors (Lipinski definition) is 6. The molecule has 0 saturated carbocycles. The molecular formula is C19H27N6OS2+. The van der Waals surface area contributed by atoms with Crippen molar-refractivity contribution < 1.29 is 10.1 Å². The Bertz CT molecular complexity index is 935. The number of thiophene rings is 1. The third-order valence-electron chi connectivity index (χ3n) is 4.77. The molecular weight excluding hydrogens is 392 g/mol. The third kappa shape index (κ3) is 4.09. The standard InChI is InChI=1S/C19H26N6OS2/c1-11(2)25-10-21-23-17(25)27-9-14(26)22-16-13(8-20)12-7-18(3,4)24-19(5,6)15(12)28-16/h10-11,24H,7,9H2,1-6H3,(H,22,26)/p+1. The van der Waals surface area contributed by atoms with Crippen LogP contribution in [-0.2, 0) is 16.8 Å². The Balaban J connectivity index is 1.78. The van der Waals surface area contributed by atoms with Crippen molar-refractivity contribution in [3.8, 4) is 6.07 Å². The molecule has 3 N–H and O–H groups in total. The summed E-state index contributed by atoms with van der Waals surface area (Å²) in [5, 5.41) is 24.4. The Morgan fingerprint density at radius 2 is 2.18 bits per heavy atom. The van der Waals surface area contributed by atoms with Gasteiger partial charge in [0.05, 0.1) is 21.7 Å². The monoisotopic (exact) mass is 419 g/mol. The van der Waals surface area contributed by atoms with Crippen LogP contribution in [0.15, 0.2) is 11.5 Å². The summed E-state index contributed by atoms with van der Waals surface area (Å²) in [5.41, 5.74) is 1.57. The van der Waals surface area contributed by atoms with Gasteiger partial charge in [0.15, 0.2) is 5.16 Å². The second-order valence-electron chi connectivity index (χ2n) is 8.71. The number of hydrogen-bond donors (Lipinski definition) is 2. The Morgan fingerprint density at radius 1 is 1.46 bits per heavy atom. The molecule has 28 heavy (non-hydrogen) atoms. The Morgan fingerprint density at radius 3 is 2.82 bits per heavy atom. The highest BCUT2D eigenvalue weighted by atomic mass is 32.2. The van der Waals surface area contributed by atoms with Crippen molar-refractivity contribution in [1.29, 1.82) is 5.26 Å². The number of rotatable bonds is 5. The number of aromatic nitrogens is 3. The second-order valence-corrected chi connectivity index (χ2v) is 10.7. The van der Waals surface area contributed by atoms with E-state index in [1.165, 1.54) is 28.0 Å². The van der Waals surface area contributed by atoms with E-state index < -0.39 is 0 Å². The number of nitriles is 1. The second kappa shape index (κ2) is 7.50. The van der Waals surface area contributed by atoms with E-state index in [1.54, 1.807) is 6.33 Å². The number of carbonyl (C=O) groups excluding carboxylic acids is 1. The number of carbonyl (C=O) groups is 1. The smallest absolute Gasteiger partial charge is 0.235 e. The average Bonchev–Trinajstić information content (AvgIpc) is 3.16. The van der Waals surface area contributed by atoms with Crippen LogP contribution in [0.2, 0.25) is 0 Å². The minimum absolute atomic E-state index is 0.0151. The number of nitrogens with zero attached hydrogens (tertiary/aromatic N) is 4. The van der Waals surface area contributed by atoms with Crippen LogP contribution in [0.4, 0.5) is 5.00 Å². The molecule has 0 saturated heterocycles. The zero-order valence-corrected chi connectivity index (χ0v) is 18.8. The van der Waals surface area contributed by atoms with Crippen molar-refractivity contribution in [3.05, 3.63) is 22.3 Å². The predicted molar refractivity (Wildman–Crippen MR) is 112 cm³/mol. The largest absolute Gasteiger partial charge is 0.333 e. The molecule has 1 aliphatic heterocycles. The van der Waals surface area contributed by atoms with Gasteiger partial charge in [-0.1, -0.05) is 11.8 Å². The number of thioether (sulfide) groups is 1. The van der Waals surface area contributed by atoms with Crippen LogP contribution in [0, 0.1) is 11.3 Å². The zero-order valence-electron chi connectivity index (χ0n) is 17.2. The number of amides is 1. The highest BCUT2D eigenvalue weighted by Crippen LogP contribution is 2.41. The minimum Gasteiger partial charge on any atom is -0.333 e. The molecule has 0 aliphatic carbocycles. The van der Waals surface area contributed by atoms with Gasteiger partial charge in [-0.15, -0.1) is 21.5 Å². The van der Waals surface area contributed by atoms with Gasteiger partial charge in [0, 0.05) is 12.5 Å². The highest BCUT2D eigenvalue weighted by molar-refractivity contribution is 7.99. The first kappa shape index (κ1) is 20.8. The Labute approximate surface area is 173 Å². The summed E-state index contributed by atoms with van der Waals surface area (Å²) < 4.78 is 1.93. The molecule has 0 fully saturated rings. The molecule has 1 amide bonds. The van der Waals surface area contributed by atoms with Crippen molar-refractivity contribution in [3.63, 3.8) is 0 Å². The first-order valence-electron chi connectivity index (χ1n) is 9.29. The molecule has 0 spiro atoms. The van der Waals surface area contributed by atoms with Crippen LogP contribution in [0.1, 0.15) is 63.6 Å². The topological polar surface area (TPSA) is 100 Å². The fourth-order valence-electron chi connectivity index (χ4n) is 3.89. The molecule has 0 atom stereocenters. The lowest BCUT2D eigenvalue weighted by molar-refractivity contribution is -0.789. The summed E-state index contributed by atoms with van der Waals surface area (Å²) in [6, 6.07) is 2.56. The van der Waals surface area contributed by atoms with Crippen molar-refractivity contribution in [2.24, 2.45) is 0 Å². The van der Waals surface area contributed by atoms with E-state index in [0.29, 0.717) is 15.7 Å². The summed E-state index contributed by atoms with van der Waals surface area (Å²) >= 11 is 2.88. The summed E-state index contributed by atoms with van der Waals surface area (Å²) in [4.78, 5) is 13.7. The molecule has 150 valence electrons. The van der Waals surface area contributed by atoms with Crippen LogP contribution in [0.25, 0.3) is 0 Å². The average molecular weight is 420 g/mol. The fourth-order valence-corrected chi connectivity index (χ4v) is 6.00. The van der Waals surface area contributed by atoms with Crippen LogP contribution >= 0.6 is 23.1 Å². The molecule has 0 unspecified atom stereocenters. The van der Waals surface area contributed by atoms with Crippen molar-refractivity contribution in [2.45, 2.75) is 70.2 Å². The Kier molecular flexibility index (Phi) is 5.58. The molecule has 3 heterocycles. The molecule has 9 heteroatoms. The molecule has 3 rings (SSSR count). The van der Waals surface area contributed by atoms with Crippen LogP contribution in [-0.4, -0.2) is 32.0 Å². The van der Waals surface area contributed by atoms with E-state index >= 15 is 0 Å². The lowest BCUT2D eigenvalue weighted by Crippen LogP contribution is -3.03. The molecule has 2 aromatic rings. The molecule has 2 aromatic heterocycles. The molecule has 0 aromatic carbocycles. The van der Waals surface area contributed by atoms with E-state index in [4.69, 9.17) is 0 Å². The zero-order chi connectivity index (χ0) is 20.7. The number of quaternary nitrogens is 1. The van der Waals surface area contributed by atoms with E-state index in [1.807, 2.05) is 18.4 Å². The minimum atomic E-state index is -0.139. The highest BCUT2D eigenvalue weighted by Gasteiger charge is 2.44. The summed E-state index contributed by atoms with van der Waals surface area (Å²) in [6.45, 7) is 12.8. The summed E-state index contributed by atoms with van der Waals surface area (Å²) in [6.07, 6.45) is 2.49. The van der Waals surface area contributed by atoms with Gasteiger partial charge in [0.25, 0.3) is 0 Å². The van der Waals surface area contributed by atoms with Gasteiger partial charge >= 0.3 is 0 Å². The van der Waals surface area contributed by atoms with Crippen LogP contribution < -0.4 is 10.6 Å². The number of fused-ring (bicyclic) bond motifs is 1. The van der Waals surface area contributed by atoms with Crippen molar-refractivity contribution in [1.82, 2.24) is 14.8 Å². The predicted octanol–water partition coefficient (Wildman–Crippen LogP) is 2.66. The van der Waals surface area contributed by atoms with Crippen LogP contribution in [0.3, 0.4) is 0 Å². The maximum atomic E-state index is 12.6. The fraction of sp³-hybridized carbons (Fsp3) is 0.579. The molecule has 0 radical (unpaired) electrons. The Hall–Kier alpha value is -1.89. The SMILES string of the molecule is CC(C)n1cnnc1SCC(=O)Nc1sc2c(c1C#N)CC(C)(C)[NH2+]C2(C)C. The van der Waals surface area contributed by atoms with Gasteiger partial charge in [-0.2, -0.15) is 5.26 Å². The summed E-state index contributed by atoms with van der Waals surface area (Å²) in [7, 11) is 0. The maximum Gasteiger partial charge on any atom is 0.235 e. The molecule has 1 aliphatic rings. The molecule has 0 bridgehead atoms. The van der Waals surface area contributed by atoms with E-state index in [2.05, 4.69) is 54.6 Å². The van der Waals surface area contributed by atoms with E-state index in [0.717, 1.165) is 12.0 Å². The first-order chi connectivity index (χ1) is 13.0. The van der Waals surface area contributed by atoms with E-state index in [9.17, 15) is 10.1 Å². The van der Waals surface area contributed by atoms with Crippen molar-refractivity contribution >= 4 is 34.0 Å².